The van der Waals surface area contributed by atoms with Gasteiger partial charge in [-0.25, -0.2) is 0 Å². The summed E-state index contributed by atoms with van der Waals surface area (Å²) >= 11 is 6.26. The van der Waals surface area contributed by atoms with Crippen LogP contribution < -0.4 is 14.8 Å². The fraction of sp³-hybridized carbons (Fsp3) is 0.647. The van der Waals surface area contributed by atoms with Gasteiger partial charge in [0.15, 0.2) is 11.5 Å². The molecule has 0 saturated heterocycles. The second-order valence-electron chi connectivity index (χ2n) is 5.13. The van der Waals surface area contributed by atoms with Gasteiger partial charge in [0.05, 0.1) is 18.7 Å². The molecule has 1 N–H and O–H groups in total. The highest BCUT2D eigenvalue weighted by atomic mass is 35.5. The number of benzene rings is 1. The standard InChI is InChI=1S/C17H28ClNO2.ClH/c1-4-6-7-8-9-10-19-13-14-11-15(18)17(21-5-2)16(12-14)20-3;/h11-12,19H,4-10,13H2,1-3H3;1H. The summed E-state index contributed by atoms with van der Waals surface area (Å²) in [7, 11) is 1.64. The topological polar surface area (TPSA) is 30.5 Å². The molecule has 1 aromatic carbocycles. The number of halogens is 2. The molecule has 22 heavy (non-hydrogen) atoms. The van der Waals surface area contributed by atoms with E-state index in [0.717, 1.165) is 18.7 Å². The van der Waals surface area contributed by atoms with E-state index in [4.69, 9.17) is 21.1 Å². The first kappa shape index (κ1) is 21.4. The highest BCUT2D eigenvalue weighted by molar-refractivity contribution is 6.32. The third-order valence-electron chi connectivity index (χ3n) is 3.36. The summed E-state index contributed by atoms with van der Waals surface area (Å²) in [5.74, 6) is 1.33. The van der Waals surface area contributed by atoms with Crippen LogP contribution in [0.25, 0.3) is 0 Å². The molecule has 0 heterocycles. The summed E-state index contributed by atoms with van der Waals surface area (Å²) < 4.78 is 10.9. The summed E-state index contributed by atoms with van der Waals surface area (Å²) in [4.78, 5) is 0. The third kappa shape index (κ3) is 7.57. The predicted molar refractivity (Wildman–Crippen MR) is 96.9 cm³/mol. The van der Waals surface area contributed by atoms with Gasteiger partial charge in [0.1, 0.15) is 0 Å². The molecule has 0 amide bonds. The van der Waals surface area contributed by atoms with E-state index < -0.39 is 0 Å². The summed E-state index contributed by atoms with van der Waals surface area (Å²) in [6.45, 7) is 6.59. The van der Waals surface area contributed by atoms with Gasteiger partial charge >= 0.3 is 0 Å². The van der Waals surface area contributed by atoms with E-state index in [2.05, 4.69) is 12.2 Å². The molecule has 0 radical (unpaired) electrons. The van der Waals surface area contributed by atoms with Crippen LogP contribution in [0.4, 0.5) is 0 Å². The first-order valence-corrected chi connectivity index (χ1v) is 8.30. The van der Waals surface area contributed by atoms with Crippen molar-refractivity contribution >= 4 is 24.0 Å². The van der Waals surface area contributed by atoms with Crippen LogP contribution in [0.1, 0.15) is 51.5 Å². The van der Waals surface area contributed by atoms with Crippen molar-refractivity contribution in [1.82, 2.24) is 5.32 Å². The lowest BCUT2D eigenvalue weighted by Crippen LogP contribution is -2.14. The predicted octanol–water partition coefficient (Wildman–Crippen LogP) is 5.23. The number of hydrogen-bond donors (Lipinski definition) is 1. The number of nitrogens with one attached hydrogen (secondary N) is 1. The SMILES string of the molecule is CCCCCCCNCc1cc(Cl)c(OCC)c(OC)c1.Cl. The summed E-state index contributed by atoms with van der Waals surface area (Å²) in [5.41, 5.74) is 1.12. The van der Waals surface area contributed by atoms with Crippen molar-refractivity contribution < 1.29 is 9.47 Å². The quantitative estimate of drug-likeness (QED) is 0.555. The highest BCUT2D eigenvalue weighted by Crippen LogP contribution is 2.36. The van der Waals surface area contributed by atoms with Gasteiger partial charge in [-0.3, -0.25) is 0 Å². The Hall–Kier alpha value is -0.640. The van der Waals surface area contributed by atoms with Crippen molar-refractivity contribution in [2.24, 2.45) is 0 Å². The van der Waals surface area contributed by atoms with Crippen LogP contribution in [0.2, 0.25) is 5.02 Å². The summed E-state index contributed by atoms with van der Waals surface area (Å²) in [5, 5.41) is 4.06. The number of unbranched alkanes of at least 4 members (excludes halogenated alkanes) is 4. The Bertz CT molecular complexity index is 414. The summed E-state index contributed by atoms with van der Waals surface area (Å²) in [6.07, 6.45) is 6.49. The van der Waals surface area contributed by atoms with E-state index in [1.165, 1.54) is 32.1 Å². The van der Waals surface area contributed by atoms with Crippen LogP contribution in [0.15, 0.2) is 12.1 Å². The summed E-state index contributed by atoms with van der Waals surface area (Å²) in [6, 6.07) is 3.93. The third-order valence-corrected chi connectivity index (χ3v) is 3.64. The Balaban J connectivity index is 0.00000441. The first-order valence-electron chi connectivity index (χ1n) is 7.92. The Labute approximate surface area is 146 Å². The molecule has 5 heteroatoms. The van der Waals surface area contributed by atoms with Gasteiger partial charge in [-0.1, -0.05) is 44.2 Å². The average molecular weight is 350 g/mol. The van der Waals surface area contributed by atoms with Gasteiger partial charge in [0, 0.05) is 6.54 Å². The van der Waals surface area contributed by atoms with Crippen LogP contribution in [0.3, 0.4) is 0 Å². The van der Waals surface area contributed by atoms with E-state index >= 15 is 0 Å². The molecule has 0 aliphatic rings. The second-order valence-corrected chi connectivity index (χ2v) is 5.54. The molecular formula is C17H29Cl2NO2. The Morgan fingerprint density at radius 3 is 2.45 bits per heavy atom. The average Bonchev–Trinajstić information content (AvgIpc) is 2.48. The Morgan fingerprint density at radius 2 is 1.82 bits per heavy atom. The van der Waals surface area contributed by atoms with Crippen LogP contribution in [-0.4, -0.2) is 20.3 Å². The van der Waals surface area contributed by atoms with Gasteiger partial charge in [-0.05, 0) is 37.6 Å². The number of methoxy groups -OCH3 is 1. The first-order chi connectivity index (χ1) is 10.2. The van der Waals surface area contributed by atoms with E-state index in [1.807, 2.05) is 19.1 Å². The van der Waals surface area contributed by atoms with E-state index in [1.54, 1.807) is 7.11 Å². The molecule has 1 aromatic rings. The van der Waals surface area contributed by atoms with Crippen LogP contribution >= 0.6 is 24.0 Å². The van der Waals surface area contributed by atoms with Crippen molar-refractivity contribution in [2.75, 3.05) is 20.3 Å². The van der Waals surface area contributed by atoms with Crippen molar-refractivity contribution in [2.45, 2.75) is 52.5 Å². The maximum atomic E-state index is 6.26. The lowest BCUT2D eigenvalue weighted by Gasteiger charge is -2.13. The normalized spacial score (nSPS) is 10.2. The van der Waals surface area contributed by atoms with Crippen molar-refractivity contribution in [1.29, 1.82) is 0 Å². The number of rotatable bonds is 11. The molecule has 128 valence electrons. The second kappa shape index (κ2) is 12.9. The van der Waals surface area contributed by atoms with Crippen LogP contribution in [-0.2, 0) is 6.54 Å². The molecule has 0 aliphatic carbocycles. The maximum absolute atomic E-state index is 6.26. The van der Waals surface area contributed by atoms with Crippen LogP contribution in [0, 0.1) is 0 Å². The minimum atomic E-state index is 0. The van der Waals surface area contributed by atoms with Gasteiger partial charge in [0.2, 0.25) is 0 Å². The van der Waals surface area contributed by atoms with E-state index in [0.29, 0.717) is 23.1 Å². The molecule has 3 nitrogen and oxygen atoms in total. The molecule has 0 aliphatic heterocycles. The fourth-order valence-electron chi connectivity index (χ4n) is 2.25. The zero-order valence-corrected chi connectivity index (χ0v) is 15.5. The highest BCUT2D eigenvalue weighted by Gasteiger charge is 2.11. The Morgan fingerprint density at radius 1 is 1.09 bits per heavy atom. The van der Waals surface area contributed by atoms with Crippen molar-refractivity contribution in [3.8, 4) is 11.5 Å². The molecular weight excluding hydrogens is 321 g/mol. The van der Waals surface area contributed by atoms with Gasteiger partial charge in [0.25, 0.3) is 0 Å². The molecule has 0 spiro atoms. The largest absolute Gasteiger partial charge is 0.493 e. The maximum Gasteiger partial charge on any atom is 0.179 e. The molecule has 0 aromatic heterocycles. The van der Waals surface area contributed by atoms with E-state index in [9.17, 15) is 0 Å². The van der Waals surface area contributed by atoms with Crippen molar-refractivity contribution in [3.63, 3.8) is 0 Å². The monoisotopic (exact) mass is 349 g/mol. The number of ether oxygens (including phenoxy) is 2. The molecule has 0 bridgehead atoms. The molecule has 0 unspecified atom stereocenters. The van der Waals surface area contributed by atoms with Crippen molar-refractivity contribution in [3.05, 3.63) is 22.7 Å². The number of hydrogen-bond acceptors (Lipinski definition) is 3. The lowest BCUT2D eigenvalue weighted by atomic mass is 10.1. The van der Waals surface area contributed by atoms with Crippen LogP contribution in [0.5, 0.6) is 11.5 Å². The zero-order chi connectivity index (χ0) is 15.5. The fourth-order valence-corrected chi connectivity index (χ4v) is 2.53. The minimum absolute atomic E-state index is 0. The molecule has 0 atom stereocenters. The van der Waals surface area contributed by atoms with E-state index in [-0.39, 0.29) is 12.4 Å². The minimum Gasteiger partial charge on any atom is -0.493 e. The van der Waals surface area contributed by atoms with Gasteiger partial charge in [-0.15, -0.1) is 12.4 Å². The molecule has 0 fully saturated rings. The smallest absolute Gasteiger partial charge is 0.179 e. The molecule has 1 rings (SSSR count). The zero-order valence-electron chi connectivity index (χ0n) is 13.9. The van der Waals surface area contributed by atoms with Gasteiger partial charge < -0.3 is 14.8 Å². The lowest BCUT2D eigenvalue weighted by molar-refractivity contribution is 0.311. The Kier molecular flexibility index (Phi) is 12.5. The van der Waals surface area contributed by atoms with Gasteiger partial charge in [-0.2, -0.15) is 0 Å². The molecule has 0 saturated carbocycles.